The summed E-state index contributed by atoms with van der Waals surface area (Å²) in [7, 11) is 1.81. The Morgan fingerprint density at radius 3 is 2.58 bits per heavy atom. The first-order valence-corrected chi connectivity index (χ1v) is 7.79. The Hall–Kier alpha value is -1.02. The molecule has 19 heavy (non-hydrogen) atoms. The molecule has 0 radical (unpaired) electrons. The van der Waals surface area contributed by atoms with Crippen LogP contribution in [0.4, 0.5) is 0 Å². The van der Waals surface area contributed by atoms with E-state index in [1.54, 1.807) is 5.56 Å². The Morgan fingerprint density at radius 1 is 1.11 bits per heavy atom. The Balaban J connectivity index is 1.86. The van der Waals surface area contributed by atoms with Crippen LogP contribution in [0.2, 0.25) is 0 Å². The van der Waals surface area contributed by atoms with Crippen molar-refractivity contribution in [3.8, 4) is 5.75 Å². The molecule has 2 heteroatoms. The molecule has 3 rings (SSSR count). The third-order valence-corrected chi connectivity index (χ3v) is 4.62. The van der Waals surface area contributed by atoms with Gasteiger partial charge < -0.3 is 10.1 Å². The summed E-state index contributed by atoms with van der Waals surface area (Å²) in [6, 6.07) is 5.39. The Kier molecular flexibility index (Phi) is 4.07. The predicted molar refractivity (Wildman–Crippen MR) is 79.0 cm³/mol. The molecular weight excluding hydrogens is 234 g/mol. The van der Waals surface area contributed by atoms with Crippen LogP contribution in [0.25, 0.3) is 0 Å². The summed E-state index contributed by atoms with van der Waals surface area (Å²) >= 11 is 0. The zero-order chi connectivity index (χ0) is 13.1. The van der Waals surface area contributed by atoms with Crippen molar-refractivity contribution >= 4 is 0 Å². The fraction of sp³-hybridized carbons (Fsp3) is 0.647. The van der Waals surface area contributed by atoms with E-state index in [0.29, 0.717) is 6.04 Å². The molecular formula is C17H25NO. The molecule has 1 aromatic carbocycles. The van der Waals surface area contributed by atoms with Gasteiger partial charge in [-0.2, -0.15) is 0 Å². The summed E-state index contributed by atoms with van der Waals surface area (Å²) in [5.74, 6) is 1.11. The van der Waals surface area contributed by atoms with E-state index in [9.17, 15) is 0 Å². The van der Waals surface area contributed by atoms with Crippen molar-refractivity contribution in [1.29, 1.82) is 0 Å². The minimum absolute atomic E-state index is 0.651. The lowest BCUT2D eigenvalue weighted by Crippen LogP contribution is -2.24. The van der Waals surface area contributed by atoms with Crippen molar-refractivity contribution < 1.29 is 4.74 Å². The summed E-state index contributed by atoms with van der Waals surface area (Å²) in [5.41, 5.74) is 4.51. The van der Waals surface area contributed by atoms with Crippen LogP contribution in [0.1, 0.15) is 48.8 Å². The third-order valence-electron chi connectivity index (χ3n) is 4.62. The van der Waals surface area contributed by atoms with Gasteiger partial charge in [0.1, 0.15) is 5.75 Å². The molecule has 0 saturated carbocycles. The number of hydrogen-bond acceptors (Lipinski definition) is 2. The van der Waals surface area contributed by atoms with Gasteiger partial charge in [-0.15, -0.1) is 0 Å². The zero-order valence-corrected chi connectivity index (χ0v) is 12.0. The van der Waals surface area contributed by atoms with Crippen LogP contribution in [-0.4, -0.2) is 19.7 Å². The number of methoxy groups -OCH3 is 1. The number of rotatable bonds is 3. The van der Waals surface area contributed by atoms with Crippen LogP contribution in [-0.2, 0) is 19.3 Å². The first-order valence-electron chi connectivity index (χ1n) is 7.79. The van der Waals surface area contributed by atoms with E-state index in [2.05, 4.69) is 17.4 Å². The lowest BCUT2D eigenvalue weighted by atomic mass is 9.95. The lowest BCUT2D eigenvalue weighted by Gasteiger charge is -2.17. The molecule has 0 aromatic heterocycles. The van der Waals surface area contributed by atoms with Gasteiger partial charge in [0.05, 0.1) is 7.11 Å². The highest BCUT2D eigenvalue weighted by atomic mass is 16.5. The zero-order valence-electron chi connectivity index (χ0n) is 12.0. The molecule has 1 heterocycles. The number of aryl methyl sites for hydroxylation is 2. The standard InChI is InChI=1S/C17H25NO/c1-19-17-12-14-7-4-2-3-6-13(14)10-15(17)11-16-8-5-9-18-16/h10,12,16,18H,2-9,11H2,1H3. The Morgan fingerprint density at radius 2 is 1.89 bits per heavy atom. The highest BCUT2D eigenvalue weighted by molar-refractivity contribution is 5.44. The molecule has 1 aliphatic heterocycles. The molecule has 0 amide bonds. The summed E-state index contributed by atoms with van der Waals surface area (Å²) < 4.78 is 5.63. The molecule has 1 aromatic rings. The van der Waals surface area contributed by atoms with Gasteiger partial charge >= 0.3 is 0 Å². The molecule has 2 aliphatic rings. The van der Waals surface area contributed by atoms with Crippen LogP contribution in [0.3, 0.4) is 0 Å². The molecule has 1 N–H and O–H groups in total. The maximum absolute atomic E-state index is 5.63. The van der Waals surface area contributed by atoms with Crippen molar-refractivity contribution in [3.63, 3.8) is 0 Å². The summed E-state index contributed by atoms with van der Waals surface area (Å²) in [4.78, 5) is 0. The highest BCUT2D eigenvalue weighted by Crippen LogP contribution is 2.30. The number of ether oxygens (including phenoxy) is 1. The van der Waals surface area contributed by atoms with Gasteiger partial charge in [0.15, 0.2) is 0 Å². The Bertz CT molecular complexity index is 435. The second kappa shape index (κ2) is 5.96. The van der Waals surface area contributed by atoms with Crippen molar-refractivity contribution in [1.82, 2.24) is 5.32 Å². The number of hydrogen-bond donors (Lipinski definition) is 1. The minimum atomic E-state index is 0.651. The highest BCUT2D eigenvalue weighted by Gasteiger charge is 2.18. The molecule has 0 spiro atoms. The molecule has 0 bridgehead atoms. The molecule has 1 saturated heterocycles. The number of nitrogens with one attached hydrogen (secondary N) is 1. The summed E-state index contributed by atoms with van der Waals surface area (Å²) in [5, 5.41) is 3.59. The average molecular weight is 259 g/mol. The van der Waals surface area contributed by atoms with Crippen molar-refractivity contribution in [2.45, 2.75) is 57.4 Å². The van der Waals surface area contributed by atoms with Crippen molar-refractivity contribution in [2.75, 3.05) is 13.7 Å². The van der Waals surface area contributed by atoms with E-state index in [-0.39, 0.29) is 0 Å². The number of benzene rings is 1. The summed E-state index contributed by atoms with van der Waals surface area (Å²) in [6.45, 7) is 1.18. The third kappa shape index (κ3) is 2.94. The van der Waals surface area contributed by atoms with E-state index in [1.807, 2.05) is 7.11 Å². The molecule has 1 fully saturated rings. The smallest absolute Gasteiger partial charge is 0.122 e. The number of fused-ring (bicyclic) bond motifs is 1. The first kappa shape index (κ1) is 13.0. The SMILES string of the molecule is COc1cc2c(cc1CC1CCCN1)CCCCC2. The maximum Gasteiger partial charge on any atom is 0.122 e. The fourth-order valence-electron chi connectivity index (χ4n) is 3.54. The first-order chi connectivity index (χ1) is 9.36. The van der Waals surface area contributed by atoms with E-state index in [0.717, 1.165) is 12.2 Å². The molecule has 1 aliphatic carbocycles. The van der Waals surface area contributed by atoms with Crippen LogP contribution in [0.5, 0.6) is 5.75 Å². The van der Waals surface area contributed by atoms with Gasteiger partial charge in [-0.25, -0.2) is 0 Å². The molecule has 1 unspecified atom stereocenters. The predicted octanol–water partition coefficient (Wildman–Crippen LogP) is 3.26. The van der Waals surface area contributed by atoms with E-state index < -0.39 is 0 Å². The molecule has 1 atom stereocenters. The molecule has 2 nitrogen and oxygen atoms in total. The quantitative estimate of drug-likeness (QED) is 0.841. The van der Waals surface area contributed by atoms with Crippen molar-refractivity contribution in [3.05, 3.63) is 28.8 Å². The van der Waals surface area contributed by atoms with Gasteiger partial charge in [-0.1, -0.05) is 12.5 Å². The largest absolute Gasteiger partial charge is 0.496 e. The summed E-state index contributed by atoms with van der Waals surface area (Å²) in [6.07, 6.45) is 10.3. The van der Waals surface area contributed by atoms with Gasteiger partial charge in [0.25, 0.3) is 0 Å². The second-order valence-corrected chi connectivity index (χ2v) is 5.99. The maximum atomic E-state index is 5.63. The van der Waals surface area contributed by atoms with Gasteiger partial charge in [0.2, 0.25) is 0 Å². The van der Waals surface area contributed by atoms with Gasteiger partial charge in [-0.05, 0) is 74.2 Å². The average Bonchev–Trinajstić information content (AvgIpc) is 2.82. The van der Waals surface area contributed by atoms with Crippen LogP contribution in [0, 0.1) is 0 Å². The van der Waals surface area contributed by atoms with Gasteiger partial charge in [-0.3, -0.25) is 0 Å². The van der Waals surface area contributed by atoms with Crippen LogP contribution < -0.4 is 10.1 Å². The van der Waals surface area contributed by atoms with E-state index in [4.69, 9.17) is 4.74 Å². The van der Waals surface area contributed by atoms with Crippen LogP contribution in [0.15, 0.2) is 12.1 Å². The van der Waals surface area contributed by atoms with Gasteiger partial charge in [0, 0.05) is 6.04 Å². The Labute approximate surface area is 116 Å². The second-order valence-electron chi connectivity index (χ2n) is 5.99. The lowest BCUT2D eigenvalue weighted by molar-refractivity contribution is 0.406. The van der Waals surface area contributed by atoms with Crippen LogP contribution >= 0.6 is 0 Å². The fourth-order valence-corrected chi connectivity index (χ4v) is 3.54. The molecule has 104 valence electrons. The van der Waals surface area contributed by atoms with Crippen molar-refractivity contribution in [2.24, 2.45) is 0 Å². The minimum Gasteiger partial charge on any atom is -0.496 e. The topological polar surface area (TPSA) is 21.3 Å². The van der Waals surface area contributed by atoms with E-state index >= 15 is 0 Å². The van der Waals surface area contributed by atoms with E-state index in [1.165, 1.54) is 62.6 Å². The monoisotopic (exact) mass is 259 g/mol. The normalized spacial score (nSPS) is 22.9.